The second kappa shape index (κ2) is 5.95. The molecule has 2 aromatic rings. The van der Waals surface area contributed by atoms with Crippen LogP contribution in [0, 0.1) is 5.82 Å². The molecular weight excluding hydrogens is 387 g/mol. The molecule has 0 amide bonds. The zero-order chi connectivity index (χ0) is 13.1. The van der Waals surface area contributed by atoms with Gasteiger partial charge < -0.3 is 4.74 Å². The molecule has 0 spiro atoms. The van der Waals surface area contributed by atoms with Gasteiger partial charge in [-0.3, -0.25) is 4.79 Å². The zero-order valence-corrected chi connectivity index (χ0v) is 12.9. The summed E-state index contributed by atoms with van der Waals surface area (Å²) in [4.78, 5) is 11.9. The first-order valence-electron chi connectivity index (χ1n) is 4.92. The van der Waals surface area contributed by atoms with Crippen molar-refractivity contribution in [1.82, 2.24) is 0 Å². The Bertz CT molecular complexity index is 566. The Hall–Kier alpha value is -0.720. The monoisotopic (exact) mass is 392 g/mol. The SMILES string of the molecule is O=C(COc1ccc(F)cc1)c1cc(Br)sc1Br. The third kappa shape index (κ3) is 3.40. The van der Waals surface area contributed by atoms with Crippen molar-refractivity contribution < 1.29 is 13.9 Å². The van der Waals surface area contributed by atoms with Crippen molar-refractivity contribution >= 4 is 49.0 Å². The molecule has 2 nitrogen and oxygen atoms in total. The number of rotatable bonds is 4. The lowest BCUT2D eigenvalue weighted by molar-refractivity contribution is 0.0921. The van der Waals surface area contributed by atoms with E-state index in [1.807, 2.05) is 0 Å². The standard InChI is InChI=1S/C12H7Br2FO2S/c13-11-5-9(12(14)18-11)10(16)6-17-8-3-1-7(15)2-4-8/h1-5H,6H2. The summed E-state index contributed by atoms with van der Waals surface area (Å²) in [5.74, 6) is 0.00139. The van der Waals surface area contributed by atoms with Crippen molar-refractivity contribution in [1.29, 1.82) is 0 Å². The summed E-state index contributed by atoms with van der Waals surface area (Å²) in [5.41, 5.74) is 0.578. The van der Waals surface area contributed by atoms with Crippen molar-refractivity contribution in [2.75, 3.05) is 6.61 Å². The number of carbonyl (C=O) groups excluding carboxylic acids is 1. The fourth-order valence-electron chi connectivity index (χ4n) is 1.29. The van der Waals surface area contributed by atoms with Crippen LogP contribution in [0.25, 0.3) is 0 Å². The topological polar surface area (TPSA) is 26.3 Å². The van der Waals surface area contributed by atoms with Gasteiger partial charge in [0, 0.05) is 5.56 Å². The minimum atomic E-state index is -0.335. The van der Waals surface area contributed by atoms with Gasteiger partial charge >= 0.3 is 0 Å². The number of ether oxygens (including phenoxy) is 1. The highest BCUT2D eigenvalue weighted by atomic mass is 79.9. The minimum absolute atomic E-state index is 0.0760. The van der Waals surface area contributed by atoms with Gasteiger partial charge in [0.05, 0.1) is 7.57 Å². The maximum atomic E-state index is 12.7. The molecule has 6 heteroatoms. The molecule has 0 unspecified atom stereocenters. The molecule has 0 aliphatic rings. The van der Waals surface area contributed by atoms with Crippen molar-refractivity contribution in [3.63, 3.8) is 0 Å². The van der Waals surface area contributed by atoms with E-state index in [1.165, 1.54) is 35.6 Å². The molecule has 0 saturated heterocycles. The third-order valence-corrected chi connectivity index (χ3v) is 4.48. The summed E-state index contributed by atoms with van der Waals surface area (Å²) in [6.07, 6.45) is 0. The van der Waals surface area contributed by atoms with Gasteiger partial charge in [-0.1, -0.05) is 0 Å². The van der Waals surface area contributed by atoms with E-state index >= 15 is 0 Å². The molecule has 1 heterocycles. The van der Waals surface area contributed by atoms with Crippen LogP contribution in [0.15, 0.2) is 37.9 Å². The Labute approximate surface area is 124 Å². The first-order chi connectivity index (χ1) is 8.56. The molecule has 2 rings (SSSR count). The average molecular weight is 394 g/mol. The maximum absolute atomic E-state index is 12.7. The number of thiophene rings is 1. The molecule has 0 atom stereocenters. The summed E-state index contributed by atoms with van der Waals surface area (Å²) < 4.78 is 19.6. The average Bonchev–Trinajstić information content (AvgIpc) is 2.67. The summed E-state index contributed by atoms with van der Waals surface area (Å²) in [6.45, 7) is -0.0760. The highest BCUT2D eigenvalue weighted by Crippen LogP contribution is 2.32. The number of Topliss-reactive ketones (excluding diaryl/α,β-unsaturated/α-hetero) is 1. The number of benzene rings is 1. The van der Waals surface area contributed by atoms with Gasteiger partial charge in [-0.2, -0.15) is 0 Å². The Kier molecular flexibility index (Phi) is 4.53. The first-order valence-corrected chi connectivity index (χ1v) is 7.33. The summed E-state index contributed by atoms with van der Waals surface area (Å²) in [7, 11) is 0. The predicted molar refractivity (Wildman–Crippen MR) is 75.9 cm³/mol. The maximum Gasteiger partial charge on any atom is 0.202 e. The summed E-state index contributed by atoms with van der Waals surface area (Å²) in [5, 5.41) is 0. The van der Waals surface area contributed by atoms with Gasteiger partial charge in [0.1, 0.15) is 11.6 Å². The Morgan fingerprint density at radius 2 is 1.94 bits per heavy atom. The van der Waals surface area contributed by atoms with Gasteiger partial charge in [-0.15, -0.1) is 11.3 Å². The van der Waals surface area contributed by atoms with E-state index in [4.69, 9.17) is 4.74 Å². The van der Waals surface area contributed by atoms with Gasteiger partial charge in [0.15, 0.2) is 6.61 Å². The Morgan fingerprint density at radius 3 is 2.50 bits per heavy atom. The lowest BCUT2D eigenvalue weighted by atomic mass is 10.2. The van der Waals surface area contributed by atoms with E-state index in [0.29, 0.717) is 11.3 Å². The highest BCUT2D eigenvalue weighted by molar-refractivity contribution is 9.12. The molecule has 0 aliphatic carbocycles. The molecule has 0 radical (unpaired) electrons. The van der Waals surface area contributed by atoms with Crippen LogP contribution < -0.4 is 4.74 Å². The van der Waals surface area contributed by atoms with Crippen LogP contribution in [-0.4, -0.2) is 12.4 Å². The van der Waals surface area contributed by atoms with E-state index in [2.05, 4.69) is 31.9 Å². The summed E-state index contributed by atoms with van der Waals surface area (Å²) in [6, 6.07) is 7.29. The largest absolute Gasteiger partial charge is 0.485 e. The van der Waals surface area contributed by atoms with Crippen LogP contribution >= 0.6 is 43.2 Å². The Morgan fingerprint density at radius 1 is 1.28 bits per heavy atom. The minimum Gasteiger partial charge on any atom is -0.485 e. The van der Waals surface area contributed by atoms with E-state index in [-0.39, 0.29) is 18.2 Å². The van der Waals surface area contributed by atoms with E-state index in [9.17, 15) is 9.18 Å². The lowest BCUT2D eigenvalue weighted by Crippen LogP contribution is -2.11. The fourth-order valence-corrected chi connectivity index (χ4v) is 4.14. The van der Waals surface area contributed by atoms with E-state index in [0.717, 1.165) is 7.57 Å². The predicted octanol–water partition coefficient (Wildman–Crippen LogP) is 4.67. The van der Waals surface area contributed by atoms with Crippen molar-refractivity contribution in [2.45, 2.75) is 0 Å². The number of hydrogen-bond acceptors (Lipinski definition) is 3. The second-order valence-corrected chi connectivity index (χ2v) is 7.15. The van der Waals surface area contributed by atoms with Crippen LogP contribution in [0.3, 0.4) is 0 Å². The molecule has 0 aliphatic heterocycles. The molecule has 1 aromatic heterocycles. The second-order valence-electron chi connectivity index (χ2n) is 3.40. The molecular formula is C12H7Br2FO2S. The Balaban J connectivity index is 2.00. The van der Waals surface area contributed by atoms with Crippen LogP contribution in [0.4, 0.5) is 4.39 Å². The molecule has 0 bridgehead atoms. The number of hydrogen-bond donors (Lipinski definition) is 0. The van der Waals surface area contributed by atoms with Gasteiger partial charge in [-0.25, -0.2) is 4.39 Å². The highest BCUT2D eigenvalue weighted by Gasteiger charge is 2.14. The molecule has 0 saturated carbocycles. The van der Waals surface area contributed by atoms with Crippen molar-refractivity contribution in [3.8, 4) is 5.75 Å². The molecule has 0 N–H and O–H groups in total. The first kappa shape index (κ1) is 13.7. The third-order valence-electron chi connectivity index (χ3n) is 2.14. The zero-order valence-electron chi connectivity index (χ0n) is 8.95. The quantitative estimate of drug-likeness (QED) is 0.705. The van der Waals surface area contributed by atoms with Crippen LogP contribution in [0.2, 0.25) is 0 Å². The molecule has 0 fully saturated rings. The van der Waals surface area contributed by atoms with E-state index < -0.39 is 0 Å². The molecule has 1 aromatic carbocycles. The smallest absolute Gasteiger partial charge is 0.202 e. The number of halogens is 3. The van der Waals surface area contributed by atoms with E-state index in [1.54, 1.807) is 6.07 Å². The fraction of sp³-hybridized carbons (Fsp3) is 0.0833. The number of ketones is 1. The molecule has 94 valence electrons. The van der Waals surface area contributed by atoms with Crippen LogP contribution in [0.1, 0.15) is 10.4 Å². The number of carbonyl (C=O) groups is 1. The van der Waals surface area contributed by atoms with Crippen LogP contribution in [-0.2, 0) is 0 Å². The van der Waals surface area contributed by atoms with Crippen molar-refractivity contribution in [3.05, 3.63) is 49.3 Å². The lowest BCUT2D eigenvalue weighted by Gasteiger charge is -2.04. The van der Waals surface area contributed by atoms with Crippen molar-refractivity contribution in [2.24, 2.45) is 0 Å². The van der Waals surface area contributed by atoms with Gasteiger partial charge in [0.25, 0.3) is 0 Å². The van der Waals surface area contributed by atoms with Gasteiger partial charge in [-0.05, 0) is 62.2 Å². The normalized spacial score (nSPS) is 10.4. The molecule has 18 heavy (non-hydrogen) atoms. The summed E-state index contributed by atoms with van der Waals surface area (Å²) >= 11 is 8.05. The van der Waals surface area contributed by atoms with Crippen LogP contribution in [0.5, 0.6) is 5.75 Å². The van der Waals surface area contributed by atoms with Gasteiger partial charge in [0.2, 0.25) is 5.78 Å².